The monoisotopic (exact) mass is 576 g/mol. The van der Waals surface area contributed by atoms with E-state index >= 15 is 0 Å². The molecular weight excluding hydrogens is 512 g/mol. The molecule has 1 aromatic carbocycles. The molecule has 0 fully saturated rings. The molecule has 1 aromatic rings. The van der Waals surface area contributed by atoms with Crippen LogP contribution < -0.4 is 0 Å². The molecule has 5 heteroatoms. The second-order valence-corrected chi connectivity index (χ2v) is 15.7. The van der Waals surface area contributed by atoms with Crippen molar-refractivity contribution in [3.63, 3.8) is 0 Å². The summed E-state index contributed by atoms with van der Waals surface area (Å²) in [6, 6.07) is 10.4. The summed E-state index contributed by atoms with van der Waals surface area (Å²) in [6.45, 7) is 15.8. The van der Waals surface area contributed by atoms with Crippen molar-refractivity contribution in [2.45, 2.75) is 169 Å². The summed E-state index contributed by atoms with van der Waals surface area (Å²) >= 11 is 0. The Labute approximate surface area is 249 Å². The Kier molecular flexibility index (Phi) is 19.0. The smallest absolute Gasteiger partial charge is 0.335 e. The maximum Gasteiger partial charge on any atom is 0.335 e. The molecule has 40 heavy (non-hydrogen) atoms. The van der Waals surface area contributed by atoms with Crippen molar-refractivity contribution in [1.29, 1.82) is 0 Å². The van der Waals surface area contributed by atoms with Crippen molar-refractivity contribution in [3.8, 4) is 0 Å². The largest absolute Gasteiger partial charge is 0.479 e. The zero-order valence-corrected chi connectivity index (χ0v) is 28.5. The van der Waals surface area contributed by atoms with Crippen molar-refractivity contribution in [1.82, 2.24) is 0 Å². The molecule has 1 rings (SSSR count). The number of rotatable bonds is 24. The molecule has 0 aliphatic rings. The number of hydrogen-bond acceptors (Lipinski definition) is 3. The first kappa shape index (κ1) is 36.9. The molecule has 0 radical (unpaired) electrons. The molecule has 0 unspecified atom stereocenters. The first-order valence-corrected chi connectivity index (χ1v) is 19.4. The minimum Gasteiger partial charge on any atom is -0.479 e. The molecular formula is C35H64O4Si. The number of unbranched alkanes of at least 4 members (excludes halogenated alkanes) is 11. The van der Waals surface area contributed by atoms with Gasteiger partial charge in [0, 0.05) is 5.92 Å². The van der Waals surface area contributed by atoms with Gasteiger partial charge in [0.1, 0.15) is 0 Å². The Hall–Kier alpha value is -1.17. The molecule has 0 spiro atoms. The molecule has 0 heterocycles. The summed E-state index contributed by atoms with van der Waals surface area (Å²) in [5.41, 5.74) is -0.208. The molecule has 4 nitrogen and oxygen atoms in total. The SMILES string of the molecule is CCCCCCCCCCC[C@H](C[C@@H](C(C)(C)C)[C@](CCCCCC)(O[SiH](C)C)C(=O)O)OCc1ccccc1. The van der Waals surface area contributed by atoms with E-state index in [1.807, 2.05) is 6.07 Å². The van der Waals surface area contributed by atoms with Crippen molar-refractivity contribution in [2.75, 3.05) is 0 Å². The summed E-state index contributed by atoms with van der Waals surface area (Å²) < 4.78 is 13.2. The van der Waals surface area contributed by atoms with Gasteiger partial charge in [-0.3, -0.25) is 0 Å². The van der Waals surface area contributed by atoms with Gasteiger partial charge in [0.15, 0.2) is 14.6 Å². The molecule has 0 aliphatic carbocycles. The van der Waals surface area contributed by atoms with Crippen LogP contribution >= 0.6 is 0 Å². The number of carboxylic acids is 1. The Morgan fingerprint density at radius 3 is 1.85 bits per heavy atom. The van der Waals surface area contributed by atoms with E-state index in [0.29, 0.717) is 19.4 Å². The van der Waals surface area contributed by atoms with E-state index in [0.717, 1.165) is 38.5 Å². The van der Waals surface area contributed by atoms with Crippen LogP contribution in [0.1, 0.15) is 143 Å². The van der Waals surface area contributed by atoms with E-state index in [-0.39, 0.29) is 17.4 Å². The fraction of sp³-hybridized carbons (Fsp3) is 0.800. The highest BCUT2D eigenvalue weighted by molar-refractivity contribution is 6.48. The van der Waals surface area contributed by atoms with Gasteiger partial charge < -0.3 is 14.3 Å². The molecule has 232 valence electrons. The van der Waals surface area contributed by atoms with Crippen molar-refractivity contribution < 1.29 is 19.1 Å². The fourth-order valence-corrected chi connectivity index (χ4v) is 7.33. The number of hydrogen-bond donors (Lipinski definition) is 1. The summed E-state index contributed by atoms with van der Waals surface area (Å²) in [4.78, 5) is 13.2. The second kappa shape index (κ2) is 20.7. The number of carboxylic acid groups (broad SMARTS) is 1. The summed E-state index contributed by atoms with van der Waals surface area (Å²) in [6.07, 6.45) is 18.2. The van der Waals surface area contributed by atoms with Crippen LogP contribution in [-0.4, -0.2) is 31.8 Å². The highest BCUT2D eigenvalue weighted by Crippen LogP contribution is 2.45. The van der Waals surface area contributed by atoms with E-state index in [1.165, 1.54) is 56.9 Å². The average Bonchev–Trinajstić information content (AvgIpc) is 2.90. The Balaban J connectivity index is 3.06. The Morgan fingerprint density at radius 1 is 0.825 bits per heavy atom. The highest BCUT2D eigenvalue weighted by atomic mass is 28.3. The van der Waals surface area contributed by atoms with Gasteiger partial charge in [-0.1, -0.05) is 142 Å². The lowest BCUT2D eigenvalue weighted by Gasteiger charge is -2.46. The average molecular weight is 577 g/mol. The zero-order valence-electron chi connectivity index (χ0n) is 27.3. The molecule has 0 saturated carbocycles. The quantitative estimate of drug-likeness (QED) is 0.0982. The van der Waals surface area contributed by atoms with E-state index in [4.69, 9.17) is 9.16 Å². The summed E-state index contributed by atoms with van der Waals surface area (Å²) in [5.74, 6) is -0.914. The first-order chi connectivity index (χ1) is 19.1. The zero-order chi connectivity index (χ0) is 29.9. The molecule has 3 atom stereocenters. The normalized spacial score (nSPS) is 15.2. The number of carbonyl (C=O) groups is 1. The maximum absolute atomic E-state index is 13.2. The lowest BCUT2D eigenvalue weighted by Crippen LogP contribution is -2.55. The third-order valence-electron chi connectivity index (χ3n) is 8.27. The van der Waals surface area contributed by atoms with Crippen LogP contribution in [0.5, 0.6) is 0 Å². The van der Waals surface area contributed by atoms with Crippen LogP contribution in [0.15, 0.2) is 30.3 Å². The van der Waals surface area contributed by atoms with Crippen molar-refractivity contribution in [2.24, 2.45) is 11.3 Å². The van der Waals surface area contributed by atoms with Gasteiger partial charge in [0.2, 0.25) is 0 Å². The predicted molar refractivity (Wildman–Crippen MR) is 174 cm³/mol. The second-order valence-electron chi connectivity index (χ2n) is 13.4. The lowest BCUT2D eigenvalue weighted by molar-refractivity contribution is -0.171. The number of aliphatic carboxylic acids is 1. The topological polar surface area (TPSA) is 55.8 Å². The van der Waals surface area contributed by atoms with E-state index in [2.05, 4.69) is 72.0 Å². The van der Waals surface area contributed by atoms with Gasteiger partial charge in [0.25, 0.3) is 0 Å². The Bertz CT molecular complexity index is 760. The highest BCUT2D eigenvalue weighted by Gasteiger charge is 2.52. The summed E-state index contributed by atoms with van der Waals surface area (Å²) in [7, 11) is -1.62. The van der Waals surface area contributed by atoms with E-state index in [1.54, 1.807) is 0 Å². The standard InChI is InChI=1S/C35H64O4Si/c1-8-10-12-14-15-16-17-18-22-26-31(38-29-30-24-20-19-21-25-30)28-32(34(3,4)5)35(33(36)37,39-40(6)7)27-23-13-11-9-2/h19-21,24-25,31-32,40H,8-18,22-23,26-29H2,1-7H3,(H,36,37)/t31-,32+,35+/m1/s1. The molecule has 1 N–H and O–H groups in total. The third kappa shape index (κ3) is 14.6. The molecule has 0 amide bonds. The van der Waals surface area contributed by atoms with E-state index < -0.39 is 20.6 Å². The van der Waals surface area contributed by atoms with Gasteiger partial charge in [-0.05, 0) is 49.8 Å². The Morgan fingerprint density at radius 2 is 1.35 bits per heavy atom. The van der Waals surface area contributed by atoms with Gasteiger partial charge in [-0.2, -0.15) is 0 Å². The number of ether oxygens (including phenoxy) is 1. The predicted octanol–water partition coefficient (Wildman–Crippen LogP) is 10.3. The van der Waals surface area contributed by atoms with E-state index in [9.17, 15) is 9.90 Å². The van der Waals surface area contributed by atoms with Crippen LogP contribution in [0, 0.1) is 11.3 Å². The molecule has 0 aliphatic heterocycles. The third-order valence-corrected chi connectivity index (χ3v) is 9.17. The minimum atomic E-state index is -1.62. The van der Waals surface area contributed by atoms with Crippen LogP contribution in [0.25, 0.3) is 0 Å². The first-order valence-electron chi connectivity index (χ1n) is 16.6. The van der Waals surface area contributed by atoms with Crippen molar-refractivity contribution in [3.05, 3.63) is 35.9 Å². The van der Waals surface area contributed by atoms with Gasteiger partial charge >= 0.3 is 5.97 Å². The minimum absolute atomic E-state index is 0.0146. The summed E-state index contributed by atoms with van der Waals surface area (Å²) in [5, 5.41) is 10.8. The molecule has 0 bridgehead atoms. The molecule has 0 saturated heterocycles. The van der Waals surface area contributed by atoms with Gasteiger partial charge in [-0.15, -0.1) is 0 Å². The van der Waals surface area contributed by atoms with Crippen LogP contribution in [0.2, 0.25) is 13.1 Å². The lowest BCUT2D eigenvalue weighted by atomic mass is 9.66. The van der Waals surface area contributed by atoms with Crippen LogP contribution in [0.3, 0.4) is 0 Å². The van der Waals surface area contributed by atoms with Gasteiger partial charge in [-0.25, -0.2) is 4.79 Å². The number of benzene rings is 1. The van der Waals surface area contributed by atoms with Gasteiger partial charge in [0.05, 0.1) is 12.7 Å². The van der Waals surface area contributed by atoms with Crippen LogP contribution in [-0.2, 0) is 20.6 Å². The molecule has 0 aromatic heterocycles. The maximum atomic E-state index is 13.2. The van der Waals surface area contributed by atoms with Crippen molar-refractivity contribution >= 4 is 15.0 Å². The van der Waals surface area contributed by atoms with Crippen LogP contribution in [0.4, 0.5) is 0 Å². The fourth-order valence-electron chi connectivity index (χ4n) is 6.10.